The second-order valence-electron chi connectivity index (χ2n) is 4.36. The van der Waals surface area contributed by atoms with Crippen LogP contribution in [0.2, 0.25) is 0 Å². The van der Waals surface area contributed by atoms with Gasteiger partial charge in [0.05, 0.1) is 4.90 Å². The molecule has 1 rings (SSSR count). The Kier molecular flexibility index (Phi) is 4.68. The van der Waals surface area contributed by atoms with Crippen LogP contribution in [0.4, 0.5) is 0 Å². The molecule has 4 nitrogen and oxygen atoms in total. The van der Waals surface area contributed by atoms with Gasteiger partial charge < -0.3 is 0 Å². The molecule has 1 aromatic carbocycles. The number of benzene rings is 1. The van der Waals surface area contributed by atoms with E-state index in [1.165, 1.54) is 0 Å². The lowest BCUT2D eigenvalue weighted by atomic mass is 10.2. The van der Waals surface area contributed by atoms with E-state index < -0.39 is 10.1 Å². The van der Waals surface area contributed by atoms with Gasteiger partial charge in [-0.1, -0.05) is 17.7 Å². The van der Waals surface area contributed by atoms with Crippen LogP contribution >= 0.6 is 0 Å². The van der Waals surface area contributed by atoms with Gasteiger partial charge in [-0.2, -0.15) is 8.42 Å². The van der Waals surface area contributed by atoms with Crippen LogP contribution in [0.25, 0.3) is 0 Å². The van der Waals surface area contributed by atoms with Crippen molar-refractivity contribution in [1.82, 2.24) is 4.90 Å². The van der Waals surface area contributed by atoms with Crippen LogP contribution in [0, 0.1) is 6.92 Å². The van der Waals surface area contributed by atoms with Gasteiger partial charge in [0.2, 0.25) is 0 Å². The zero-order chi connectivity index (χ0) is 13.1. The van der Waals surface area contributed by atoms with Gasteiger partial charge in [0.25, 0.3) is 10.1 Å². The van der Waals surface area contributed by atoms with Gasteiger partial charge in [-0.05, 0) is 40.0 Å². The van der Waals surface area contributed by atoms with Gasteiger partial charge in [-0.15, -0.1) is 0 Å². The summed E-state index contributed by atoms with van der Waals surface area (Å²) in [5, 5.41) is 0. The van der Waals surface area contributed by atoms with Crippen LogP contribution in [0.1, 0.15) is 19.4 Å². The predicted molar refractivity (Wildman–Crippen MR) is 67.2 cm³/mol. The standard InChI is InChI=1S/C12H19NO3S/c1-10(2)13(4)9-16-17(14,15)12-7-5-11(3)6-8-12/h5-8,10H,9H2,1-4H3. The first-order chi connectivity index (χ1) is 7.83. The van der Waals surface area contributed by atoms with Crippen molar-refractivity contribution in [3.8, 4) is 0 Å². The zero-order valence-electron chi connectivity index (χ0n) is 10.7. The summed E-state index contributed by atoms with van der Waals surface area (Å²) in [6.45, 7) is 5.92. The summed E-state index contributed by atoms with van der Waals surface area (Å²) in [5.41, 5.74) is 1.02. The molecule has 0 atom stereocenters. The molecule has 0 aliphatic rings. The third-order valence-corrected chi connectivity index (χ3v) is 3.87. The Balaban J connectivity index is 2.72. The first-order valence-electron chi connectivity index (χ1n) is 5.49. The molecule has 0 heterocycles. The van der Waals surface area contributed by atoms with E-state index in [4.69, 9.17) is 4.18 Å². The van der Waals surface area contributed by atoms with E-state index in [-0.39, 0.29) is 17.7 Å². The molecule has 0 saturated heterocycles. The minimum absolute atomic E-state index is 0.0634. The molecular formula is C12H19NO3S. The van der Waals surface area contributed by atoms with Crippen LogP contribution in [0.5, 0.6) is 0 Å². The second kappa shape index (κ2) is 5.62. The van der Waals surface area contributed by atoms with Gasteiger partial charge in [0, 0.05) is 6.04 Å². The Morgan fingerprint density at radius 2 is 1.76 bits per heavy atom. The van der Waals surface area contributed by atoms with Gasteiger partial charge >= 0.3 is 0 Å². The summed E-state index contributed by atoms with van der Waals surface area (Å²) in [6.07, 6.45) is 0. The lowest BCUT2D eigenvalue weighted by molar-refractivity contribution is 0.130. The van der Waals surface area contributed by atoms with E-state index in [2.05, 4.69) is 0 Å². The topological polar surface area (TPSA) is 46.6 Å². The molecule has 17 heavy (non-hydrogen) atoms. The molecule has 0 radical (unpaired) electrons. The van der Waals surface area contributed by atoms with Crippen molar-refractivity contribution in [2.75, 3.05) is 13.8 Å². The molecule has 96 valence electrons. The van der Waals surface area contributed by atoms with Crippen molar-refractivity contribution in [3.63, 3.8) is 0 Å². The maximum Gasteiger partial charge on any atom is 0.298 e. The molecular weight excluding hydrogens is 238 g/mol. The van der Waals surface area contributed by atoms with E-state index in [1.807, 2.05) is 32.7 Å². The highest BCUT2D eigenvalue weighted by atomic mass is 32.2. The summed E-state index contributed by atoms with van der Waals surface area (Å²) < 4.78 is 28.6. The monoisotopic (exact) mass is 257 g/mol. The fourth-order valence-electron chi connectivity index (χ4n) is 1.07. The summed E-state index contributed by atoms with van der Waals surface area (Å²) in [7, 11) is -1.83. The molecule has 0 amide bonds. The number of aryl methyl sites for hydroxylation is 1. The van der Waals surface area contributed by atoms with Gasteiger partial charge in [0.1, 0.15) is 6.73 Å². The van der Waals surface area contributed by atoms with Crippen molar-refractivity contribution in [1.29, 1.82) is 0 Å². The van der Waals surface area contributed by atoms with Crippen molar-refractivity contribution < 1.29 is 12.6 Å². The highest BCUT2D eigenvalue weighted by Crippen LogP contribution is 2.13. The van der Waals surface area contributed by atoms with Gasteiger partial charge in [-0.3, -0.25) is 9.08 Å². The first-order valence-corrected chi connectivity index (χ1v) is 6.90. The number of nitrogens with zero attached hydrogens (tertiary/aromatic N) is 1. The molecule has 0 aromatic heterocycles. The number of hydrogen-bond donors (Lipinski definition) is 0. The van der Waals surface area contributed by atoms with E-state index in [0.717, 1.165) is 5.56 Å². The van der Waals surface area contributed by atoms with Crippen LogP contribution in [-0.4, -0.2) is 33.1 Å². The van der Waals surface area contributed by atoms with Gasteiger partial charge in [0.15, 0.2) is 0 Å². The van der Waals surface area contributed by atoms with E-state index in [1.54, 1.807) is 24.3 Å². The highest BCUT2D eigenvalue weighted by molar-refractivity contribution is 7.86. The molecule has 0 fully saturated rings. The van der Waals surface area contributed by atoms with E-state index in [0.29, 0.717) is 0 Å². The Hall–Kier alpha value is -0.910. The number of hydrogen-bond acceptors (Lipinski definition) is 4. The Bertz CT molecular complexity index is 451. The van der Waals surface area contributed by atoms with Crippen molar-refractivity contribution >= 4 is 10.1 Å². The summed E-state index contributed by atoms with van der Waals surface area (Å²) in [6, 6.07) is 6.86. The summed E-state index contributed by atoms with van der Waals surface area (Å²) in [4.78, 5) is 2.01. The van der Waals surface area contributed by atoms with Crippen LogP contribution in [-0.2, 0) is 14.3 Å². The number of rotatable bonds is 5. The average Bonchev–Trinajstić information content (AvgIpc) is 2.26. The second-order valence-corrected chi connectivity index (χ2v) is 5.98. The third-order valence-electron chi connectivity index (χ3n) is 2.60. The molecule has 0 bridgehead atoms. The zero-order valence-corrected chi connectivity index (χ0v) is 11.5. The largest absolute Gasteiger partial charge is 0.298 e. The molecule has 0 spiro atoms. The fraction of sp³-hybridized carbons (Fsp3) is 0.500. The van der Waals surface area contributed by atoms with Crippen LogP contribution in [0.3, 0.4) is 0 Å². The maximum atomic E-state index is 11.8. The molecule has 0 aliphatic heterocycles. The molecule has 0 unspecified atom stereocenters. The molecule has 0 aliphatic carbocycles. The van der Waals surface area contributed by atoms with E-state index >= 15 is 0 Å². The predicted octanol–water partition coefficient (Wildman–Crippen LogP) is 2.00. The minimum Gasteiger partial charge on any atom is -0.280 e. The van der Waals surface area contributed by atoms with Crippen molar-refractivity contribution in [3.05, 3.63) is 29.8 Å². The lowest BCUT2D eigenvalue weighted by Crippen LogP contribution is -2.30. The normalized spacial score (nSPS) is 12.4. The Morgan fingerprint density at radius 3 is 2.24 bits per heavy atom. The first kappa shape index (κ1) is 14.2. The lowest BCUT2D eigenvalue weighted by Gasteiger charge is -2.20. The van der Waals surface area contributed by atoms with Gasteiger partial charge in [-0.25, -0.2) is 0 Å². The fourth-order valence-corrected chi connectivity index (χ4v) is 1.99. The SMILES string of the molecule is Cc1ccc(S(=O)(=O)OCN(C)C(C)C)cc1. The molecule has 1 aromatic rings. The summed E-state index contributed by atoms with van der Waals surface area (Å²) >= 11 is 0. The maximum absolute atomic E-state index is 11.8. The highest BCUT2D eigenvalue weighted by Gasteiger charge is 2.16. The van der Waals surface area contributed by atoms with Crippen molar-refractivity contribution in [2.24, 2.45) is 0 Å². The van der Waals surface area contributed by atoms with E-state index in [9.17, 15) is 8.42 Å². The van der Waals surface area contributed by atoms with Crippen LogP contribution < -0.4 is 0 Å². The van der Waals surface area contributed by atoms with Crippen LogP contribution in [0.15, 0.2) is 29.2 Å². The van der Waals surface area contributed by atoms with Crippen molar-refractivity contribution in [2.45, 2.75) is 31.7 Å². The quantitative estimate of drug-likeness (QED) is 0.598. The molecule has 0 N–H and O–H groups in total. The summed E-state index contributed by atoms with van der Waals surface area (Å²) in [5.74, 6) is 0. The minimum atomic E-state index is -3.65. The smallest absolute Gasteiger partial charge is 0.280 e. The molecule has 5 heteroatoms. The Morgan fingerprint density at radius 1 is 1.24 bits per heavy atom. The average molecular weight is 257 g/mol. The third kappa shape index (κ3) is 4.11. The molecule has 0 saturated carbocycles. The Labute approximate surface area is 103 Å².